The lowest BCUT2D eigenvalue weighted by Crippen LogP contribution is -2.13. The fourth-order valence-corrected chi connectivity index (χ4v) is 3.44. The van der Waals surface area contributed by atoms with Crippen LogP contribution in [0.25, 0.3) is 0 Å². The summed E-state index contributed by atoms with van der Waals surface area (Å²) in [5.74, 6) is 0.684. The maximum atomic E-state index is 13.7. The van der Waals surface area contributed by atoms with E-state index in [1.165, 1.54) is 0 Å². The van der Waals surface area contributed by atoms with Crippen LogP contribution in [0.15, 0.2) is 54.7 Å². The molecule has 0 bridgehead atoms. The number of unbranched alkanes of at least 4 members (excludes halogenated alkanes) is 2. The number of alkyl halides is 3. The second kappa shape index (κ2) is 11.7. The second-order valence-corrected chi connectivity index (χ2v) is 8.18. The Kier molecular flexibility index (Phi) is 8.73. The minimum absolute atomic E-state index is 0.0631. The average molecular weight is 473 g/mol. The van der Waals surface area contributed by atoms with Crippen molar-refractivity contribution in [1.29, 1.82) is 0 Å². The van der Waals surface area contributed by atoms with E-state index in [4.69, 9.17) is 4.74 Å². The molecule has 34 heavy (non-hydrogen) atoms. The van der Waals surface area contributed by atoms with Crippen molar-refractivity contribution in [3.8, 4) is 5.75 Å². The van der Waals surface area contributed by atoms with Gasteiger partial charge in [-0.25, -0.2) is 4.98 Å². The summed E-state index contributed by atoms with van der Waals surface area (Å²) >= 11 is 0. The van der Waals surface area contributed by atoms with Crippen LogP contribution in [0.3, 0.4) is 0 Å². The highest BCUT2D eigenvalue weighted by Gasteiger charge is 2.35. The number of nitrogens with one attached hydrogen (secondary N) is 2. The van der Waals surface area contributed by atoms with Gasteiger partial charge in [0.15, 0.2) is 0 Å². The van der Waals surface area contributed by atoms with Gasteiger partial charge in [0, 0.05) is 17.6 Å². The molecule has 1 unspecified atom stereocenters. The van der Waals surface area contributed by atoms with E-state index in [1.54, 1.807) is 36.4 Å². The van der Waals surface area contributed by atoms with E-state index in [1.807, 2.05) is 26.0 Å². The Morgan fingerprint density at radius 2 is 1.71 bits per heavy atom. The molecule has 0 aliphatic heterocycles. The SMILES string of the molecule is CCCCCOc1ccc(Nc2ncc(C(F)(F)F)c(Nc3ccccc3C(C)CC)n2)cc1. The zero-order valence-electron chi connectivity index (χ0n) is 19.7. The largest absolute Gasteiger partial charge is 0.494 e. The topological polar surface area (TPSA) is 59.1 Å². The molecule has 2 N–H and O–H groups in total. The molecule has 8 heteroatoms. The summed E-state index contributed by atoms with van der Waals surface area (Å²) in [4.78, 5) is 8.06. The number of hydrogen-bond donors (Lipinski definition) is 2. The molecular formula is C26H31F3N4O. The Bertz CT molecular complexity index is 1050. The number of para-hydroxylation sites is 1. The normalized spacial score (nSPS) is 12.3. The van der Waals surface area contributed by atoms with Crippen molar-refractivity contribution in [2.45, 2.75) is 58.5 Å². The number of benzene rings is 2. The minimum Gasteiger partial charge on any atom is -0.494 e. The molecule has 182 valence electrons. The summed E-state index contributed by atoms with van der Waals surface area (Å²) < 4.78 is 46.7. The van der Waals surface area contributed by atoms with Crippen LogP contribution in [0.4, 0.5) is 36.3 Å². The van der Waals surface area contributed by atoms with Crippen molar-refractivity contribution < 1.29 is 17.9 Å². The van der Waals surface area contributed by atoms with E-state index in [-0.39, 0.29) is 17.7 Å². The Labute approximate surface area is 198 Å². The minimum atomic E-state index is -4.59. The first-order valence-electron chi connectivity index (χ1n) is 11.6. The standard InChI is InChI=1S/C26H31F3N4O/c1-4-6-9-16-34-20-14-12-19(13-15-20)31-25-30-17-22(26(27,28)29)24(33-25)32-23-11-8-7-10-21(23)18(3)5-2/h7-8,10-15,17-18H,4-6,9,16H2,1-3H3,(H2,30,31,32,33). The highest BCUT2D eigenvalue weighted by atomic mass is 19.4. The van der Waals surface area contributed by atoms with E-state index in [0.717, 1.165) is 43.2 Å². The summed E-state index contributed by atoms with van der Waals surface area (Å²) in [5, 5.41) is 5.88. The van der Waals surface area contributed by atoms with Gasteiger partial charge in [-0.15, -0.1) is 0 Å². The van der Waals surface area contributed by atoms with Crippen molar-refractivity contribution in [2.75, 3.05) is 17.2 Å². The van der Waals surface area contributed by atoms with E-state index in [0.29, 0.717) is 18.0 Å². The molecule has 0 aliphatic carbocycles. The molecule has 5 nitrogen and oxygen atoms in total. The van der Waals surface area contributed by atoms with Crippen LogP contribution in [0.1, 0.15) is 63.5 Å². The molecule has 3 rings (SSSR count). The molecule has 3 aromatic rings. The maximum Gasteiger partial charge on any atom is 0.421 e. The average Bonchev–Trinajstić information content (AvgIpc) is 2.82. The summed E-state index contributed by atoms with van der Waals surface area (Å²) in [6.07, 6.45) is 0.297. The molecule has 0 spiro atoms. The van der Waals surface area contributed by atoms with Crippen LogP contribution in [-0.2, 0) is 6.18 Å². The summed E-state index contributed by atoms with van der Waals surface area (Å²) in [6, 6.07) is 14.5. The Hall–Kier alpha value is -3.29. The maximum absolute atomic E-state index is 13.7. The van der Waals surface area contributed by atoms with Gasteiger partial charge >= 0.3 is 6.18 Å². The number of anilines is 4. The van der Waals surface area contributed by atoms with E-state index >= 15 is 0 Å². The fourth-order valence-electron chi connectivity index (χ4n) is 3.44. The zero-order chi connectivity index (χ0) is 24.6. The van der Waals surface area contributed by atoms with Crippen molar-refractivity contribution in [3.05, 3.63) is 65.9 Å². The lowest BCUT2D eigenvalue weighted by Gasteiger charge is -2.19. The van der Waals surface area contributed by atoms with Crippen LogP contribution in [0.5, 0.6) is 5.75 Å². The van der Waals surface area contributed by atoms with Gasteiger partial charge in [0.1, 0.15) is 17.1 Å². The molecule has 0 radical (unpaired) electrons. The van der Waals surface area contributed by atoms with Gasteiger partial charge in [0.05, 0.1) is 6.61 Å². The van der Waals surface area contributed by atoms with Gasteiger partial charge < -0.3 is 15.4 Å². The van der Waals surface area contributed by atoms with Crippen molar-refractivity contribution >= 4 is 23.1 Å². The van der Waals surface area contributed by atoms with Gasteiger partial charge in [-0.1, -0.05) is 51.8 Å². The Balaban J connectivity index is 1.81. The number of nitrogens with zero attached hydrogens (tertiary/aromatic N) is 2. The fraction of sp³-hybridized carbons (Fsp3) is 0.385. The zero-order valence-corrected chi connectivity index (χ0v) is 19.7. The third-order valence-electron chi connectivity index (χ3n) is 5.58. The predicted molar refractivity (Wildman–Crippen MR) is 130 cm³/mol. The molecule has 1 aromatic heterocycles. The highest BCUT2D eigenvalue weighted by Crippen LogP contribution is 2.37. The van der Waals surface area contributed by atoms with E-state index < -0.39 is 11.7 Å². The first kappa shape index (κ1) is 25.3. The van der Waals surface area contributed by atoms with E-state index in [9.17, 15) is 13.2 Å². The molecule has 0 aliphatic rings. The highest BCUT2D eigenvalue weighted by molar-refractivity contribution is 5.66. The Morgan fingerprint density at radius 1 is 0.971 bits per heavy atom. The van der Waals surface area contributed by atoms with Crippen LogP contribution in [-0.4, -0.2) is 16.6 Å². The number of ether oxygens (including phenoxy) is 1. The lowest BCUT2D eigenvalue weighted by molar-refractivity contribution is -0.137. The quantitative estimate of drug-likeness (QED) is 0.276. The molecule has 0 fully saturated rings. The number of halogens is 3. The van der Waals surface area contributed by atoms with Gasteiger partial charge in [0.2, 0.25) is 5.95 Å². The molecular weight excluding hydrogens is 441 g/mol. The predicted octanol–water partition coefficient (Wildman–Crippen LogP) is 8.07. The second-order valence-electron chi connectivity index (χ2n) is 8.18. The third kappa shape index (κ3) is 6.85. The lowest BCUT2D eigenvalue weighted by atomic mass is 9.97. The van der Waals surface area contributed by atoms with E-state index in [2.05, 4.69) is 27.5 Å². The summed E-state index contributed by atoms with van der Waals surface area (Å²) in [7, 11) is 0. The first-order valence-corrected chi connectivity index (χ1v) is 11.6. The van der Waals surface area contributed by atoms with Crippen molar-refractivity contribution in [1.82, 2.24) is 9.97 Å². The first-order chi connectivity index (χ1) is 16.3. The van der Waals surface area contributed by atoms with Crippen LogP contribution < -0.4 is 15.4 Å². The van der Waals surface area contributed by atoms with Crippen LogP contribution >= 0.6 is 0 Å². The summed E-state index contributed by atoms with van der Waals surface area (Å²) in [5.41, 5.74) is 1.25. The van der Waals surface area contributed by atoms with Gasteiger partial charge in [-0.05, 0) is 54.7 Å². The molecule has 0 saturated heterocycles. The van der Waals surface area contributed by atoms with Crippen LogP contribution in [0, 0.1) is 0 Å². The molecule has 1 atom stereocenters. The molecule has 1 heterocycles. The summed E-state index contributed by atoms with van der Waals surface area (Å²) in [6.45, 7) is 6.86. The monoisotopic (exact) mass is 472 g/mol. The van der Waals surface area contributed by atoms with Gasteiger partial charge in [-0.2, -0.15) is 18.2 Å². The number of hydrogen-bond acceptors (Lipinski definition) is 5. The number of rotatable bonds is 11. The Morgan fingerprint density at radius 3 is 2.38 bits per heavy atom. The van der Waals surface area contributed by atoms with Gasteiger partial charge in [-0.3, -0.25) is 0 Å². The molecule has 0 saturated carbocycles. The third-order valence-corrected chi connectivity index (χ3v) is 5.58. The van der Waals surface area contributed by atoms with Gasteiger partial charge in [0.25, 0.3) is 0 Å². The molecule has 2 aromatic carbocycles. The van der Waals surface area contributed by atoms with Crippen molar-refractivity contribution in [2.24, 2.45) is 0 Å². The number of aromatic nitrogens is 2. The molecule has 0 amide bonds. The smallest absolute Gasteiger partial charge is 0.421 e. The van der Waals surface area contributed by atoms with Crippen LogP contribution in [0.2, 0.25) is 0 Å². The van der Waals surface area contributed by atoms with Crippen molar-refractivity contribution in [3.63, 3.8) is 0 Å².